The third kappa shape index (κ3) is 3.85. The minimum absolute atomic E-state index is 0.0497. The second kappa shape index (κ2) is 5.80. The molecule has 0 aromatic heterocycles. The minimum atomic E-state index is -0.255. The van der Waals surface area contributed by atoms with Crippen molar-refractivity contribution in [3.05, 3.63) is 28.2 Å². The fourth-order valence-electron chi connectivity index (χ4n) is 1.70. The Kier molecular flexibility index (Phi) is 4.32. The molecule has 1 aliphatic rings. The van der Waals surface area contributed by atoms with Gasteiger partial charge in [-0.1, -0.05) is 23.2 Å². The van der Waals surface area contributed by atoms with Crippen molar-refractivity contribution < 1.29 is 9.59 Å². The standard InChI is InChI=1S/C13H14Cl2N2O2/c1-8(18)17(7-13(19)16-10-3-4-10)12-6-9(14)2-5-11(12)15/h2,5-6,10H,3-4,7H2,1H3,(H,16,19). The predicted octanol–water partition coefficient (Wildman–Crippen LogP) is 2.62. The van der Waals surface area contributed by atoms with E-state index in [4.69, 9.17) is 23.2 Å². The molecule has 0 spiro atoms. The van der Waals surface area contributed by atoms with Crippen molar-refractivity contribution in [1.29, 1.82) is 0 Å². The van der Waals surface area contributed by atoms with Gasteiger partial charge < -0.3 is 10.2 Å². The lowest BCUT2D eigenvalue weighted by atomic mass is 10.2. The van der Waals surface area contributed by atoms with Crippen LogP contribution in [0.1, 0.15) is 19.8 Å². The number of benzene rings is 1. The highest BCUT2D eigenvalue weighted by Gasteiger charge is 2.25. The second-order valence-corrected chi connectivity index (χ2v) is 5.39. The molecule has 19 heavy (non-hydrogen) atoms. The summed E-state index contributed by atoms with van der Waals surface area (Å²) < 4.78 is 0. The Morgan fingerprint density at radius 2 is 2.05 bits per heavy atom. The van der Waals surface area contributed by atoms with Gasteiger partial charge in [0.2, 0.25) is 11.8 Å². The molecule has 1 fully saturated rings. The van der Waals surface area contributed by atoms with Crippen molar-refractivity contribution in [2.45, 2.75) is 25.8 Å². The van der Waals surface area contributed by atoms with Crippen molar-refractivity contribution in [3.8, 4) is 0 Å². The van der Waals surface area contributed by atoms with Gasteiger partial charge in [0.25, 0.3) is 0 Å². The average molecular weight is 301 g/mol. The second-order valence-electron chi connectivity index (χ2n) is 4.54. The van der Waals surface area contributed by atoms with Crippen molar-refractivity contribution >= 4 is 40.7 Å². The number of rotatable bonds is 4. The Morgan fingerprint density at radius 3 is 2.63 bits per heavy atom. The van der Waals surface area contributed by atoms with E-state index in [9.17, 15) is 9.59 Å². The van der Waals surface area contributed by atoms with Gasteiger partial charge in [-0.15, -0.1) is 0 Å². The minimum Gasteiger partial charge on any atom is -0.352 e. The van der Waals surface area contributed by atoms with Crippen LogP contribution in [0.15, 0.2) is 18.2 Å². The number of halogens is 2. The number of hydrogen-bond donors (Lipinski definition) is 1. The Hall–Kier alpha value is -1.26. The van der Waals surface area contributed by atoms with Crippen molar-refractivity contribution in [2.24, 2.45) is 0 Å². The highest BCUT2D eigenvalue weighted by molar-refractivity contribution is 6.35. The first-order valence-corrected chi connectivity index (χ1v) is 6.75. The molecule has 2 amide bonds. The van der Waals surface area contributed by atoms with Gasteiger partial charge >= 0.3 is 0 Å². The summed E-state index contributed by atoms with van der Waals surface area (Å²) in [4.78, 5) is 24.8. The van der Waals surface area contributed by atoms with Gasteiger partial charge in [-0.3, -0.25) is 9.59 Å². The third-order valence-electron chi connectivity index (χ3n) is 2.82. The zero-order chi connectivity index (χ0) is 14.0. The topological polar surface area (TPSA) is 49.4 Å². The molecule has 0 unspecified atom stereocenters. The lowest BCUT2D eigenvalue weighted by Crippen LogP contribution is -2.40. The van der Waals surface area contributed by atoms with Crippen LogP contribution < -0.4 is 10.2 Å². The van der Waals surface area contributed by atoms with Crippen LogP contribution in [-0.4, -0.2) is 24.4 Å². The molecule has 102 valence electrons. The van der Waals surface area contributed by atoms with Gasteiger partial charge in [0, 0.05) is 18.0 Å². The molecular formula is C13H14Cl2N2O2. The molecule has 1 N–H and O–H groups in total. The van der Waals surface area contributed by atoms with Crippen LogP contribution in [0.3, 0.4) is 0 Å². The highest BCUT2D eigenvalue weighted by atomic mass is 35.5. The molecule has 1 aromatic carbocycles. The Balaban J connectivity index is 2.16. The summed E-state index contributed by atoms with van der Waals surface area (Å²) in [5.41, 5.74) is 0.451. The number of carbonyl (C=O) groups excluding carboxylic acids is 2. The van der Waals surface area contributed by atoms with E-state index < -0.39 is 0 Å². The quantitative estimate of drug-likeness (QED) is 0.929. The molecule has 0 aliphatic heterocycles. The van der Waals surface area contributed by atoms with Gasteiger partial charge in [-0.25, -0.2) is 0 Å². The van der Waals surface area contributed by atoms with Crippen LogP contribution in [0.4, 0.5) is 5.69 Å². The summed E-state index contributed by atoms with van der Waals surface area (Å²) in [6, 6.07) is 5.08. The van der Waals surface area contributed by atoms with E-state index in [0.29, 0.717) is 15.7 Å². The predicted molar refractivity (Wildman–Crippen MR) is 75.7 cm³/mol. The van der Waals surface area contributed by atoms with Gasteiger partial charge in [-0.05, 0) is 31.0 Å². The van der Waals surface area contributed by atoms with Gasteiger partial charge in [0.05, 0.1) is 10.7 Å². The fraction of sp³-hybridized carbons (Fsp3) is 0.385. The van der Waals surface area contributed by atoms with Crippen LogP contribution in [0, 0.1) is 0 Å². The molecule has 1 aliphatic carbocycles. The van der Waals surface area contributed by atoms with Crippen LogP contribution in [0.5, 0.6) is 0 Å². The number of carbonyl (C=O) groups is 2. The maximum absolute atomic E-state index is 11.8. The fourth-order valence-corrected chi connectivity index (χ4v) is 2.09. The number of anilines is 1. The van der Waals surface area contributed by atoms with Gasteiger partial charge in [-0.2, -0.15) is 0 Å². The van der Waals surface area contributed by atoms with E-state index >= 15 is 0 Å². The lowest BCUT2D eigenvalue weighted by molar-refractivity contribution is -0.123. The van der Waals surface area contributed by atoms with E-state index in [1.165, 1.54) is 11.8 Å². The Morgan fingerprint density at radius 1 is 1.37 bits per heavy atom. The van der Waals surface area contributed by atoms with Crippen LogP contribution in [-0.2, 0) is 9.59 Å². The maximum Gasteiger partial charge on any atom is 0.240 e. The summed E-state index contributed by atoms with van der Waals surface area (Å²) in [7, 11) is 0. The Bertz CT molecular complexity index is 515. The molecule has 0 bridgehead atoms. The first-order valence-electron chi connectivity index (χ1n) is 6.00. The van der Waals surface area contributed by atoms with Gasteiger partial charge in [0.15, 0.2) is 0 Å². The molecule has 0 saturated heterocycles. The number of amides is 2. The van der Waals surface area contributed by atoms with Crippen molar-refractivity contribution in [1.82, 2.24) is 5.32 Å². The van der Waals surface area contributed by atoms with Crippen molar-refractivity contribution in [2.75, 3.05) is 11.4 Å². The van der Waals surface area contributed by atoms with Crippen LogP contribution >= 0.6 is 23.2 Å². The first kappa shape index (κ1) is 14.2. The molecule has 1 saturated carbocycles. The maximum atomic E-state index is 11.8. The van der Waals surface area contributed by atoms with Crippen LogP contribution in [0.2, 0.25) is 10.0 Å². The number of nitrogens with zero attached hydrogens (tertiary/aromatic N) is 1. The largest absolute Gasteiger partial charge is 0.352 e. The molecule has 2 rings (SSSR count). The first-order chi connectivity index (χ1) is 8.97. The van der Waals surface area contributed by atoms with E-state index in [2.05, 4.69) is 5.32 Å². The van der Waals surface area contributed by atoms with Crippen molar-refractivity contribution in [3.63, 3.8) is 0 Å². The summed E-state index contributed by atoms with van der Waals surface area (Å²) in [6.07, 6.45) is 2.01. The molecule has 1 aromatic rings. The third-order valence-corrected chi connectivity index (χ3v) is 3.38. The molecular weight excluding hydrogens is 287 g/mol. The van der Waals surface area contributed by atoms with Crippen LogP contribution in [0.25, 0.3) is 0 Å². The highest BCUT2D eigenvalue weighted by Crippen LogP contribution is 2.29. The zero-order valence-electron chi connectivity index (χ0n) is 10.5. The molecule has 6 heteroatoms. The molecule has 0 heterocycles. The molecule has 0 atom stereocenters. The lowest BCUT2D eigenvalue weighted by Gasteiger charge is -2.22. The summed E-state index contributed by atoms with van der Waals surface area (Å²) in [5, 5.41) is 3.69. The van der Waals surface area contributed by atoms with E-state index in [-0.39, 0.29) is 24.4 Å². The number of hydrogen-bond acceptors (Lipinski definition) is 2. The van der Waals surface area contributed by atoms with Gasteiger partial charge in [0.1, 0.15) is 6.54 Å². The summed E-state index contributed by atoms with van der Waals surface area (Å²) in [5.74, 6) is -0.441. The smallest absolute Gasteiger partial charge is 0.240 e. The zero-order valence-corrected chi connectivity index (χ0v) is 12.0. The normalized spacial score (nSPS) is 14.1. The SMILES string of the molecule is CC(=O)N(CC(=O)NC1CC1)c1cc(Cl)ccc1Cl. The van der Waals surface area contributed by atoms with E-state index in [1.54, 1.807) is 18.2 Å². The Labute approximate surface area is 121 Å². The summed E-state index contributed by atoms with van der Waals surface area (Å²) in [6.45, 7) is 1.34. The average Bonchev–Trinajstić information content (AvgIpc) is 3.13. The number of nitrogens with one attached hydrogen (secondary N) is 1. The van der Waals surface area contributed by atoms with E-state index in [1.807, 2.05) is 0 Å². The molecule has 4 nitrogen and oxygen atoms in total. The molecule has 0 radical (unpaired) electrons. The van der Waals surface area contributed by atoms with E-state index in [0.717, 1.165) is 12.8 Å². The monoisotopic (exact) mass is 300 g/mol. The summed E-state index contributed by atoms with van der Waals surface area (Å²) >= 11 is 12.0.